The van der Waals surface area contributed by atoms with Gasteiger partial charge in [-0.1, -0.05) is 48.0 Å². The SMILES string of the molecule is C=CCNC(=O)COc1ccc(S(=O)(=O)NCc2ccccc2)cc1Cl. The highest BCUT2D eigenvalue weighted by Gasteiger charge is 2.16. The van der Waals surface area contributed by atoms with Crippen LogP contribution >= 0.6 is 11.6 Å². The van der Waals surface area contributed by atoms with Crippen LogP contribution in [0.2, 0.25) is 5.02 Å². The third kappa shape index (κ3) is 5.87. The van der Waals surface area contributed by atoms with E-state index in [1.165, 1.54) is 18.2 Å². The Bertz CT molecular complexity index is 870. The van der Waals surface area contributed by atoms with E-state index in [1.807, 2.05) is 30.3 Å². The standard InChI is InChI=1S/C18H19ClN2O4S/c1-2-10-20-18(22)13-25-17-9-8-15(11-16(17)19)26(23,24)21-12-14-6-4-3-5-7-14/h2-9,11,21H,1,10,12-13H2,(H,20,22). The maximum atomic E-state index is 12.4. The molecule has 2 rings (SSSR count). The molecule has 0 spiro atoms. The Morgan fingerprint density at radius 1 is 1.19 bits per heavy atom. The van der Waals surface area contributed by atoms with E-state index in [0.29, 0.717) is 6.54 Å². The summed E-state index contributed by atoms with van der Waals surface area (Å²) in [6.45, 7) is 3.77. The van der Waals surface area contributed by atoms with Gasteiger partial charge in [-0.05, 0) is 23.8 Å². The van der Waals surface area contributed by atoms with Crippen LogP contribution in [0, 0.1) is 0 Å². The molecule has 2 aromatic rings. The average Bonchev–Trinajstić information content (AvgIpc) is 2.64. The van der Waals surface area contributed by atoms with E-state index in [9.17, 15) is 13.2 Å². The molecule has 6 nitrogen and oxygen atoms in total. The fraction of sp³-hybridized carbons (Fsp3) is 0.167. The highest BCUT2D eigenvalue weighted by atomic mass is 35.5. The van der Waals surface area contributed by atoms with E-state index in [0.717, 1.165) is 5.56 Å². The zero-order valence-corrected chi connectivity index (χ0v) is 15.5. The predicted octanol–water partition coefficient (Wildman–Crippen LogP) is 2.50. The van der Waals surface area contributed by atoms with Crippen LogP contribution in [0.15, 0.2) is 66.1 Å². The molecule has 0 aliphatic rings. The maximum absolute atomic E-state index is 12.4. The molecule has 0 saturated heterocycles. The second kappa shape index (κ2) is 9.38. The minimum absolute atomic E-state index is 0.0156. The number of amides is 1. The van der Waals surface area contributed by atoms with E-state index >= 15 is 0 Å². The molecular formula is C18H19ClN2O4S. The normalized spacial score (nSPS) is 11.0. The van der Waals surface area contributed by atoms with E-state index in [4.69, 9.17) is 16.3 Å². The number of carbonyl (C=O) groups is 1. The maximum Gasteiger partial charge on any atom is 0.258 e. The van der Waals surface area contributed by atoms with Crippen LogP contribution in [-0.4, -0.2) is 27.5 Å². The number of carbonyl (C=O) groups excluding carboxylic acids is 1. The quantitative estimate of drug-likeness (QED) is 0.640. The Hall–Kier alpha value is -2.35. The first-order valence-electron chi connectivity index (χ1n) is 7.76. The molecule has 138 valence electrons. The van der Waals surface area contributed by atoms with Crippen LogP contribution in [0.1, 0.15) is 5.56 Å². The number of rotatable bonds is 9. The Balaban J connectivity index is 2.00. The van der Waals surface area contributed by atoms with E-state index < -0.39 is 10.0 Å². The fourth-order valence-corrected chi connectivity index (χ4v) is 3.35. The Morgan fingerprint density at radius 3 is 2.58 bits per heavy atom. The minimum atomic E-state index is -3.72. The summed E-state index contributed by atoms with van der Waals surface area (Å²) in [6.07, 6.45) is 1.55. The predicted molar refractivity (Wildman–Crippen MR) is 101 cm³/mol. The molecule has 0 bridgehead atoms. The number of sulfonamides is 1. The van der Waals surface area contributed by atoms with Crippen molar-refractivity contribution in [1.82, 2.24) is 10.0 Å². The van der Waals surface area contributed by atoms with Crippen molar-refractivity contribution in [3.05, 3.63) is 71.8 Å². The molecule has 0 unspecified atom stereocenters. The van der Waals surface area contributed by atoms with E-state index in [-0.39, 0.29) is 34.7 Å². The molecule has 2 N–H and O–H groups in total. The molecule has 0 saturated carbocycles. The Labute approximate surface area is 157 Å². The molecule has 8 heteroatoms. The first-order chi connectivity index (χ1) is 12.4. The molecule has 0 radical (unpaired) electrons. The third-order valence-corrected chi connectivity index (χ3v) is 5.02. The van der Waals surface area contributed by atoms with Gasteiger partial charge in [0.05, 0.1) is 9.92 Å². The summed E-state index contributed by atoms with van der Waals surface area (Å²) in [5.74, 6) is -0.107. The lowest BCUT2D eigenvalue weighted by molar-refractivity contribution is -0.122. The highest BCUT2D eigenvalue weighted by molar-refractivity contribution is 7.89. The van der Waals surface area contributed by atoms with Crippen molar-refractivity contribution >= 4 is 27.5 Å². The van der Waals surface area contributed by atoms with Crippen molar-refractivity contribution in [2.24, 2.45) is 0 Å². The van der Waals surface area contributed by atoms with Gasteiger partial charge >= 0.3 is 0 Å². The number of hydrogen-bond donors (Lipinski definition) is 2. The zero-order valence-electron chi connectivity index (χ0n) is 13.9. The van der Waals surface area contributed by atoms with Gasteiger partial charge in [0.1, 0.15) is 5.75 Å². The van der Waals surface area contributed by atoms with Gasteiger partial charge in [0.25, 0.3) is 5.91 Å². The van der Waals surface area contributed by atoms with Crippen LogP contribution < -0.4 is 14.8 Å². The highest BCUT2D eigenvalue weighted by Crippen LogP contribution is 2.27. The van der Waals surface area contributed by atoms with Crippen molar-refractivity contribution in [1.29, 1.82) is 0 Å². The smallest absolute Gasteiger partial charge is 0.258 e. The topological polar surface area (TPSA) is 84.5 Å². The van der Waals surface area contributed by atoms with Gasteiger partial charge in [-0.15, -0.1) is 6.58 Å². The summed E-state index contributed by atoms with van der Waals surface area (Å²) in [5, 5.41) is 2.66. The van der Waals surface area contributed by atoms with Crippen molar-refractivity contribution in [3.8, 4) is 5.75 Å². The summed E-state index contributed by atoms with van der Waals surface area (Å²) in [7, 11) is -3.72. The van der Waals surface area contributed by atoms with E-state index in [1.54, 1.807) is 6.08 Å². The molecule has 0 aromatic heterocycles. The molecule has 0 aliphatic heterocycles. The van der Waals surface area contributed by atoms with Gasteiger partial charge in [0.15, 0.2) is 6.61 Å². The first kappa shape index (κ1) is 20.0. The van der Waals surface area contributed by atoms with Gasteiger partial charge in [0, 0.05) is 13.1 Å². The summed E-state index contributed by atoms with van der Waals surface area (Å²) in [5.41, 5.74) is 0.840. The molecular weight excluding hydrogens is 376 g/mol. The van der Waals surface area contributed by atoms with Gasteiger partial charge in [-0.3, -0.25) is 4.79 Å². The van der Waals surface area contributed by atoms with Crippen LogP contribution in [0.5, 0.6) is 5.75 Å². The molecule has 0 aliphatic carbocycles. The number of ether oxygens (including phenoxy) is 1. The number of nitrogens with one attached hydrogen (secondary N) is 2. The summed E-state index contributed by atoms with van der Waals surface area (Å²) < 4.78 is 32.5. The van der Waals surface area contributed by atoms with Crippen molar-refractivity contribution in [3.63, 3.8) is 0 Å². The monoisotopic (exact) mass is 394 g/mol. The van der Waals surface area contributed by atoms with Gasteiger partial charge in [0.2, 0.25) is 10.0 Å². The van der Waals surface area contributed by atoms with Crippen LogP contribution in [0.25, 0.3) is 0 Å². The minimum Gasteiger partial charge on any atom is -0.482 e. The second-order valence-electron chi connectivity index (χ2n) is 5.28. The fourth-order valence-electron chi connectivity index (χ4n) is 2.00. The molecule has 1 amide bonds. The van der Waals surface area contributed by atoms with Crippen LogP contribution in [0.3, 0.4) is 0 Å². The second-order valence-corrected chi connectivity index (χ2v) is 7.46. The lowest BCUT2D eigenvalue weighted by Crippen LogP contribution is -2.28. The summed E-state index contributed by atoms with van der Waals surface area (Å²) >= 11 is 6.08. The molecule has 0 heterocycles. The third-order valence-electron chi connectivity index (χ3n) is 3.33. The average molecular weight is 395 g/mol. The summed E-state index contributed by atoms with van der Waals surface area (Å²) in [6, 6.07) is 13.2. The zero-order chi connectivity index (χ0) is 19.0. The lowest BCUT2D eigenvalue weighted by Gasteiger charge is -2.11. The van der Waals surface area contributed by atoms with Crippen LogP contribution in [0.4, 0.5) is 0 Å². The van der Waals surface area contributed by atoms with Gasteiger partial charge in [-0.2, -0.15) is 0 Å². The molecule has 26 heavy (non-hydrogen) atoms. The van der Waals surface area contributed by atoms with Crippen molar-refractivity contribution in [2.75, 3.05) is 13.2 Å². The first-order valence-corrected chi connectivity index (χ1v) is 9.62. The molecule has 0 atom stereocenters. The molecule has 2 aromatic carbocycles. The number of benzene rings is 2. The Morgan fingerprint density at radius 2 is 1.92 bits per heavy atom. The lowest BCUT2D eigenvalue weighted by atomic mass is 10.2. The largest absolute Gasteiger partial charge is 0.482 e. The summed E-state index contributed by atoms with van der Waals surface area (Å²) in [4.78, 5) is 11.5. The number of halogens is 1. The van der Waals surface area contributed by atoms with Crippen molar-refractivity contribution in [2.45, 2.75) is 11.4 Å². The Kier molecular flexibility index (Phi) is 7.20. The molecule has 0 fully saturated rings. The van der Waals surface area contributed by atoms with Crippen LogP contribution in [-0.2, 0) is 21.4 Å². The van der Waals surface area contributed by atoms with Gasteiger partial charge in [-0.25, -0.2) is 13.1 Å². The van der Waals surface area contributed by atoms with Crippen molar-refractivity contribution < 1.29 is 17.9 Å². The van der Waals surface area contributed by atoms with Gasteiger partial charge < -0.3 is 10.1 Å². The number of hydrogen-bond acceptors (Lipinski definition) is 4. The van der Waals surface area contributed by atoms with E-state index in [2.05, 4.69) is 16.6 Å².